The van der Waals surface area contributed by atoms with Crippen molar-refractivity contribution in [2.45, 2.75) is 47.1 Å². The van der Waals surface area contributed by atoms with E-state index >= 15 is 0 Å². The highest BCUT2D eigenvalue weighted by molar-refractivity contribution is 7.14. The molecule has 0 spiro atoms. The number of ether oxygens (including phenoxy) is 2. The van der Waals surface area contributed by atoms with Crippen LogP contribution in [-0.2, 0) is 11.2 Å². The summed E-state index contributed by atoms with van der Waals surface area (Å²) in [5, 5.41) is 10.7. The molecule has 26 heavy (non-hydrogen) atoms. The van der Waals surface area contributed by atoms with Crippen LogP contribution in [0.5, 0.6) is 5.88 Å². The van der Waals surface area contributed by atoms with Crippen LogP contribution in [0.4, 0.5) is 0 Å². The minimum absolute atomic E-state index is 0.0676. The summed E-state index contributed by atoms with van der Waals surface area (Å²) in [4.78, 5) is 32.7. The van der Waals surface area contributed by atoms with Gasteiger partial charge in [-0.2, -0.15) is 0 Å². The average Bonchev–Trinajstić information content (AvgIpc) is 3.07. The van der Waals surface area contributed by atoms with E-state index in [1.54, 1.807) is 13.8 Å². The van der Waals surface area contributed by atoms with E-state index in [9.17, 15) is 14.7 Å². The third kappa shape index (κ3) is 5.25. The predicted octanol–water partition coefficient (Wildman–Crippen LogP) is 3.74. The first-order valence-corrected chi connectivity index (χ1v) is 9.81. The molecule has 2 aromatic heterocycles. The molecule has 142 valence electrons. The minimum atomic E-state index is -0.981. The number of aromatic carboxylic acids is 1. The summed E-state index contributed by atoms with van der Waals surface area (Å²) in [5.74, 6) is -1.23. The van der Waals surface area contributed by atoms with Crippen molar-refractivity contribution in [2.75, 3.05) is 6.61 Å². The second kappa shape index (κ2) is 8.59. The van der Waals surface area contributed by atoms with E-state index in [1.165, 1.54) is 11.3 Å². The topological polar surface area (TPSA) is 98.6 Å². The molecule has 9 heteroatoms. The molecular formula is C17H22N2O5S2. The van der Waals surface area contributed by atoms with Crippen LogP contribution in [0.1, 0.15) is 55.8 Å². The maximum atomic E-state index is 12.4. The lowest BCUT2D eigenvalue weighted by molar-refractivity contribution is 0.0446. The molecule has 0 aliphatic carbocycles. The van der Waals surface area contributed by atoms with Gasteiger partial charge in [0.1, 0.15) is 4.88 Å². The smallest absolute Gasteiger partial charge is 0.354 e. The van der Waals surface area contributed by atoms with Gasteiger partial charge < -0.3 is 14.6 Å². The molecule has 0 saturated carbocycles. The third-order valence-corrected chi connectivity index (χ3v) is 5.21. The van der Waals surface area contributed by atoms with Crippen molar-refractivity contribution in [3.8, 4) is 5.88 Å². The highest BCUT2D eigenvalue weighted by Gasteiger charge is 2.23. The number of carboxylic acids is 1. The number of esters is 1. The first-order chi connectivity index (χ1) is 12.2. The Morgan fingerprint density at radius 3 is 2.31 bits per heavy atom. The summed E-state index contributed by atoms with van der Waals surface area (Å²) in [6.07, 6.45) is 0.334. The van der Waals surface area contributed by atoms with Gasteiger partial charge >= 0.3 is 11.9 Å². The summed E-state index contributed by atoms with van der Waals surface area (Å²) in [6.45, 7) is 9.34. The van der Waals surface area contributed by atoms with Crippen LogP contribution in [0.15, 0.2) is 0 Å². The van der Waals surface area contributed by atoms with Crippen LogP contribution in [-0.4, -0.2) is 39.7 Å². The number of aromatic nitrogens is 2. The number of carbonyl (C=O) groups excluding carboxylic acids is 1. The number of thiazole rings is 2. The molecule has 1 N–H and O–H groups in total. The van der Waals surface area contributed by atoms with Crippen LogP contribution >= 0.6 is 22.7 Å². The van der Waals surface area contributed by atoms with E-state index in [1.807, 2.05) is 20.8 Å². The van der Waals surface area contributed by atoms with E-state index in [-0.39, 0.29) is 23.5 Å². The normalized spacial score (nSPS) is 12.2. The molecule has 1 unspecified atom stereocenters. The molecule has 0 amide bonds. The Morgan fingerprint density at radius 2 is 1.69 bits per heavy atom. The van der Waals surface area contributed by atoms with Gasteiger partial charge in [-0.1, -0.05) is 6.92 Å². The highest BCUT2D eigenvalue weighted by atomic mass is 32.1. The molecule has 2 heterocycles. The van der Waals surface area contributed by atoms with Crippen molar-refractivity contribution in [1.29, 1.82) is 0 Å². The fourth-order valence-corrected chi connectivity index (χ4v) is 3.82. The fourth-order valence-electron chi connectivity index (χ4n) is 2.29. The van der Waals surface area contributed by atoms with Gasteiger partial charge in [0.2, 0.25) is 5.88 Å². The number of rotatable bonds is 8. The second-order valence-electron chi connectivity index (χ2n) is 6.26. The van der Waals surface area contributed by atoms with Crippen molar-refractivity contribution in [1.82, 2.24) is 9.97 Å². The summed E-state index contributed by atoms with van der Waals surface area (Å²) < 4.78 is 10.9. The molecule has 0 aromatic carbocycles. The fraction of sp³-hybridized carbons (Fsp3) is 0.529. The van der Waals surface area contributed by atoms with Gasteiger partial charge in [-0.25, -0.2) is 19.6 Å². The standard InChI is InChI=1S/C17H22N2O5S2/c1-8(2)24-15-14(26-11(5)19-15)17(22)23-7-9(3)6-12-13(16(20)21)25-10(4)18-12/h8-9H,6-7H2,1-5H3,(H,20,21). The number of hydrogen-bond acceptors (Lipinski definition) is 8. The zero-order valence-electron chi connectivity index (χ0n) is 15.4. The van der Waals surface area contributed by atoms with E-state index in [4.69, 9.17) is 9.47 Å². The van der Waals surface area contributed by atoms with E-state index in [0.29, 0.717) is 27.9 Å². The lowest BCUT2D eigenvalue weighted by Crippen LogP contribution is -2.16. The lowest BCUT2D eigenvalue weighted by Gasteiger charge is -2.12. The van der Waals surface area contributed by atoms with Crippen molar-refractivity contribution in [3.63, 3.8) is 0 Å². The Labute approximate surface area is 160 Å². The molecule has 0 fully saturated rings. The summed E-state index contributed by atoms with van der Waals surface area (Å²) >= 11 is 2.39. The van der Waals surface area contributed by atoms with Gasteiger partial charge in [-0.3, -0.25) is 0 Å². The van der Waals surface area contributed by atoms with Gasteiger partial charge in [0.25, 0.3) is 0 Å². The number of carboxylic acid groups (broad SMARTS) is 1. The molecule has 0 bridgehead atoms. The highest BCUT2D eigenvalue weighted by Crippen LogP contribution is 2.27. The van der Waals surface area contributed by atoms with Crippen LogP contribution in [0.2, 0.25) is 0 Å². The second-order valence-corrected chi connectivity index (χ2v) is 8.66. The molecule has 2 rings (SSSR count). The first kappa shape index (κ1) is 20.3. The lowest BCUT2D eigenvalue weighted by atomic mass is 10.1. The number of hydrogen-bond donors (Lipinski definition) is 1. The van der Waals surface area contributed by atoms with Crippen molar-refractivity contribution in [3.05, 3.63) is 25.5 Å². The largest absolute Gasteiger partial charge is 0.477 e. The molecule has 0 radical (unpaired) electrons. The Hall–Kier alpha value is -2.00. The monoisotopic (exact) mass is 398 g/mol. The molecule has 2 aromatic rings. The van der Waals surface area contributed by atoms with Crippen LogP contribution < -0.4 is 4.74 Å². The zero-order valence-corrected chi connectivity index (χ0v) is 17.0. The van der Waals surface area contributed by atoms with E-state index in [2.05, 4.69) is 9.97 Å². The number of nitrogens with zero attached hydrogens (tertiary/aromatic N) is 2. The molecular weight excluding hydrogens is 376 g/mol. The molecule has 0 saturated heterocycles. The summed E-state index contributed by atoms with van der Waals surface area (Å²) in [6, 6.07) is 0. The molecule has 7 nitrogen and oxygen atoms in total. The van der Waals surface area contributed by atoms with E-state index < -0.39 is 11.9 Å². The molecule has 0 aliphatic heterocycles. The summed E-state index contributed by atoms with van der Waals surface area (Å²) in [7, 11) is 0. The Kier molecular flexibility index (Phi) is 6.71. The van der Waals surface area contributed by atoms with Gasteiger partial charge in [0, 0.05) is 0 Å². The van der Waals surface area contributed by atoms with Crippen molar-refractivity contribution >= 4 is 34.6 Å². The SMILES string of the molecule is Cc1nc(CC(C)COC(=O)c2sc(C)nc2OC(C)C)c(C(=O)O)s1. The predicted molar refractivity (Wildman–Crippen MR) is 99.6 cm³/mol. The molecule has 1 atom stereocenters. The third-order valence-electron chi connectivity index (χ3n) is 3.28. The van der Waals surface area contributed by atoms with Crippen molar-refractivity contribution in [2.24, 2.45) is 5.92 Å². The number of aryl methyl sites for hydroxylation is 2. The van der Waals surface area contributed by atoms with Gasteiger partial charge in [0.15, 0.2) is 4.88 Å². The molecule has 0 aliphatic rings. The summed E-state index contributed by atoms with van der Waals surface area (Å²) in [5.41, 5.74) is 0.529. The Morgan fingerprint density at radius 1 is 1.08 bits per heavy atom. The number of carbonyl (C=O) groups is 2. The van der Waals surface area contributed by atoms with E-state index in [0.717, 1.165) is 16.3 Å². The maximum Gasteiger partial charge on any atom is 0.354 e. The quantitative estimate of drug-likeness (QED) is 0.676. The first-order valence-electron chi connectivity index (χ1n) is 8.18. The average molecular weight is 399 g/mol. The van der Waals surface area contributed by atoms with Gasteiger partial charge in [-0.15, -0.1) is 22.7 Å². The van der Waals surface area contributed by atoms with Gasteiger partial charge in [-0.05, 0) is 40.0 Å². The zero-order chi connectivity index (χ0) is 19.4. The Bertz CT molecular complexity index is 797. The van der Waals surface area contributed by atoms with Crippen LogP contribution in [0.3, 0.4) is 0 Å². The van der Waals surface area contributed by atoms with Crippen LogP contribution in [0.25, 0.3) is 0 Å². The van der Waals surface area contributed by atoms with Gasteiger partial charge in [0.05, 0.1) is 28.4 Å². The Balaban J connectivity index is 1.98. The van der Waals surface area contributed by atoms with Crippen molar-refractivity contribution < 1.29 is 24.2 Å². The minimum Gasteiger partial charge on any atom is -0.477 e. The van der Waals surface area contributed by atoms with Crippen LogP contribution in [0, 0.1) is 19.8 Å². The maximum absolute atomic E-state index is 12.4.